The molecule has 0 unspecified atom stereocenters. The van der Waals surface area contributed by atoms with Gasteiger partial charge in [-0.3, -0.25) is 15.0 Å². The van der Waals surface area contributed by atoms with Gasteiger partial charge in [-0.15, -0.1) is 0 Å². The zero-order valence-electron chi connectivity index (χ0n) is 17.8. The third kappa shape index (κ3) is 4.86. The van der Waals surface area contributed by atoms with E-state index in [1.54, 1.807) is 12.1 Å². The lowest BCUT2D eigenvalue weighted by Gasteiger charge is -2.30. The van der Waals surface area contributed by atoms with Crippen molar-refractivity contribution in [3.05, 3.63) is 95.1 Å². The van der Waals surface area contributed by atoms with Crippen molar-refractivity contribution in [2.24, 2.45) is 5.73 Å². The number of aryl methyl sites for hydroxylation is 2. The van der Waals surface area contributed by atoms with Crippen LogP contribution in [-0.2, 0) is 17.6 Å². The molecule has 162 valence electrons. The number of nitrogen functional groups attached to an aromatic ring is 1. The normalized spacial score (nSPS) is 12.7. The second-order valence-corrected chi connectivity index (χ2v) is 7.92. The Hall–Kier alpha value is -3.93. The number of carbonyl (C=O) groups excluding carboxylic acids is 2. The Morgan fingerprint density at radius 2 is 1.72 bits per heavy atom. The maximum atomic E-state index is 13.0. The molecule has 0 saturated carbocycles. The second-order valence-electron chi connectivity index (χ2n) is 7.92. The van der Waals surface area contributed by atoms with Gasteiger partial charge in [-0.1, -0.05) is 42.5 Å². The van der Waals surface area contributed by atoms with E-state index >= 15 is 0 Å². The highest BCUT2D eigenvalue weighted by molar-refractivity contribution is 6.04. The minimum absolute atomic E-state index is 0.0388. The molecule has 0 saturated heterocycles. The summed E-state index contributed by atoms with van der Waals surface area (Å²) in [6.45, 7) is 0.699. The first kappa shape index (κ1) is 21.3. The Morgan fingerprint density at radius 3 is 2.44 bits per heavy atom. The van der Waals surface area contributed by atoms with Gasteiger partial charge in [0, 0.05) is 35.5 Å². The number of nitrogens with zero attached hydrogens (tertiary/aromatic N) is 1. The fourth-order valence-corrected chi connectivity index (χ4v) is 3.96. The van der Waals surface area contributed by atoms with Gasteiger partial charge in [0.05, 0.1) is 0 Å². The van der Waals surface area contributed by atoms with E-state index in [0.29, 0.717) is 30.5 Å². The van der Waals surface area contributed by atoms with Crippen LogP contribution in [0.3, 0.4) is 0 Å². The minimum Gasteiger partial charge on any atom is -0.384 e. The Bertz CT molecular complexity index is 1140. The number of amides is 2. The molecule has 3 aromatic carbocycles. The molecular formula is C26H26N4O2. The molecule has 0 fully saturated rings. The van der Waals surface area contributed by atoms with Crippen molar-refractivity contribution in [1.82, 2.24) is 0 Å². The number of anilines is 2. The second kappa shape index (κ2) is 9.47. The van der Waals surface area contributed by atoms with Crippen molar-refractivity contribution < 1.29 is 9.59 Å². The predicted octanol–water partition coefficient (Wildman–Crippen LogP) is 4.13. The molecule has 6 nitrogen and oxygen atoms in total. The first-order valence-electron chi connectivity index (χ1n) is 10.7. The van der Waals surface area contributed by atoms with Crippen LogP contribution in [-0.4, -0.2) is 24.2 Å². The van der Waals surface area contributed by atoms with E-state index in [4.69, 9.17) is 11.1 Å². The van der Waals surface area contributed by atoms with Gasteiger partial charge in [-0.05, 0) is 60.7 Å². The standard InChI is InChI=1S/C26H26N4O2/c27-25(28)19-11-8-18(9-12-19)10-15-24(31)30-16-4-7-21-17-22(13-14-23(21)30)29-26(32)20-5-2-1-3-6-20/h1-3,5-6,8-9,11-14,17H,4,7,10,15-16H2,(H3,27,28)(H,29,32). The highest BCUT2D eigenvalue weighted by Crippen LogP contribution is 2.30. The monoisotopic (exact) mass is 426 g/mol. The van der Waals surface area contributed by atoms with Crippen LogP contribution >= 0.6 is 0 Å². The molecule has 0 bridgehead atoms. The summed E-state index contributed by atoms with van der Waals surface area (Å²) in [5, 5.41) is 10.4. The average Bonchev–Trinajstić information content (AvgIpc) is 2.82. The first-order valence-corrected chi connectivity index (χ1v) is 10.7. The van der Waals surface area contributed by atoms with E-state index in [1.807, 2.05) is 65.6 Å². The van der Waals surface area contributed by atoms with Crippen molar-refractivity contribution in [1.29, 1.82) is 5.41 Å². The highest BCUT2D eigenvalue weighted by Gasteiger charge is 2.22. The molecule has 1 aliphatic rings. The molecule has 4 rings (SSSR count). The van der Waals surface area contributed by atoms with E-state index in [0.717, 1.165) is 35.3 Å². The fraction of sp³-hybridized carbons (Fsp3) is 0.192. The summed E-state index contributed by atoms with van der Waals surface area (Å²) in [5.74, 6) is -0.0235. The number of hydrogen-bond donors (Lipinski definition) is 3. The summed E-state index contributed by atoms with van der Waals surface area (Å²) in [6, 6.07) is 22.3. The number of amidine groups is 1. The summed E-state index contributed by atoms with van der Waals surface area (Å²) < 4.78 is 0. The van der Waals surface area contributed by atoms with Gasteiger partial charge >= 0.3 is 0 Å². The Balaban J connectivity index is 1.42. The third-order valence-electron chi connectivity index (χ3n) is 5.69. The number of hydrogen-bond acceptors (Lipinski definition) is 3. The molecule has 0 aromatic heterocycles. The Kier molecular flexibility index (Phi) is 6.31. The van der Waals surface area contributed by atoms with Crippen molar-refractivity contribution in [3.8, 4) is 0 Å². The molecule has 3 aromatic rings. The van der Waals surface area contributed by atoms with Crippen LogP contribution in [0.15, 0.2) is 72.8 Å². The summed E-state index contributed by atoms with van der Waals surface area (Å²) in [6.07, 6.45) is 2.81. The maximum Gasteiger partial charge on any atom is 0.255 e. The van der Waals surface area contributed by atoms with E-state index in [9.17, 15) is 9.59 Å². The van der Waals surface area contributed by atoms with Crippen LogP contribution in [0.2, 0.25) is 0 Å². The number of carbonyl (C=O) groups is 2. The minimum atomic E-state index is -0.148. The topological polar surface area (TPSA) is 99.3 Å². The van der Waals surface area contributed by atoms with E-state index < -0.39 is 0 Å². The number of rotatable bonds is 6. The number of benzene rings is 3. The molecule has 1 heterocycles. The Labute approximate surface area is 187 Å². The smallest absolute Gasteiger partial charge is 0.255 e. The van der Waals surface area contributed by atoms with E-state index in [2.05, 4.69) is 5.32 Å². The largest absolute Gasteiger partial charge is 0.384 e. The van der Waals surface area contributed by atoms with Crippen molar-refractivity contribution in [3.63, 3.8) is 0 Å². The van der Waals surface area contributed by atoms with Gasteiger partial charge < -0.3 is 16.0 Å². The van der Waals surface area contributed by atoms with E-state index in [-0.39, 0.29) is 17.6 Å². The van der Waals surface area contributed by atoms with Gasteiger partial charge in [0.1, 0.15) is 5.84 Å². The SMILES string of the molecule is N=C(N)c1ccc(CCC(=O)N2CCCc3cc(NC(=O)c4ccccc4)ccc32)cc1. The van der Waals surface area contributed by atoms with Gasteiger partial charge in [0.25, 0.3) is 5.91 Å². The molecule has 0 radical (unpaired) electrons. The zero-order chi connectivity index (χ0) is 22.5. The van der Waals surface area contributed by atoms with Crippen LogP contribution in [0.5, 0.6) is 0 Å². The lowest BCUT2D eigenvalue weighted by Crippen LogP contribution is -2.35. The summed E-state index contributed by atoms with van der Waals surface area (Å²) >= 11 is 0. The van der Waals surface area contributed by atoms with Crippen LogP contribution < -0.4 is 16.0 Å². The van der Waals surface area contributed by atoms with Crippen molar-refractivity contribution in [2.75, 3.05) is 16.8 Å². The average molecular weight is 427 g/mol. The molecule has 4 N–H and O–H groups in total. The molecular weight excluding hydrogens is 400 g/mol. The number of nitrogens with two attached hydrogens (primary N) is 1. The van der Waals surface area contributed by atoms with Gasteiger partial charge in [0.2, 0.25) is 5.91 Å². The molecule has 32 heavy (non-hydrogen) atoms. The maximum absolute atomic E-state index is 13.0. The number of nitrogens with one attached hydrogen (secondary N) is 2. The quantitative estimate of drug-likeness (QED) is 0.408. The zero-order valence-corrected chi connectivity index (χ0v) is 17.8. The predicted molar refractivity (Wildman–Crippen MR) is 127 cm³/mol. The fourth-order valence-electron chi connectivity index (χ4n) is 3.96. The van der Waals surface area contributed by atoms with Crippen molar-refractivity contribution >= 4 is 29.0 Å². The van der Waals surface area contributed by atoms with Crippen LogP contribution in [0.1, 0.15) is 39.9 Å². The van der Waals surface area contributed by atoms with E-state index in [1.165, 1.54) is 0 Å². The molecule has 2 amide bonds. The van der Waals surface area contributed by atoms with Gasteiger partial charge in [-0.2, -0.15) is 0 Å². The molecule has 1 aliphatic heterocycles. The Morgan fingerprint density at radius 1 is 0.969 bits per heavy atom. The third-order valence-corrected chi connectivity index (χ3v) is 5.69. The van der Waals surface area contributed by atoms with Gasteiger partial charge in [0.15, 0.2) is 0 Å². The summed E-state index contributed by atoms with van der Waals surface area (Å²) in [7, 11) is 0. The lowest BCUT2D eigenvalue weighted by molar-refractivity contribution is -0.118. The molecule has 0 atom stereocenters. The molecule has 0 aliphatic carbocycles. The van der Waals surface area contributed by atoms with Crippen LogP contribution in [0.4, 0.5) is 11.4 Å². The van der Waals surface area contributed by atoms with Gasteiger partial charge in [-0.25, -0.2) is 0 Å². The highest BCUT2D eigenvalue weighted by atomic mass is 16.2. The van der Waals surface area contributed by atoms with Crippen molar-refractivity contribution in [2.45, 2.75) is 25.7 Å². The van der Waals surface area contributed by atoms with Crippen LogP contribution in [0, 0.1) is 5.41 Å². The summed E-state index contributed by atoms with van der Waals surface area (Å²) in [5.41, 5.74) is 10.6. The van der Waals surface area contributed by atoms with Crippen LogP contribution in [0.25, 0.3) is 0 Å². The number of fused-ring (bicyclic) bond motifs is 1. The lowest BCUT2D eigenvalue weighted by atomic mass is 9.99. The molecule has 0 spiro atoms. The first-order chi connectivity index (χ1) is 15.5. The summed E-state index contributed by atoms with van der Waals surface area (Å²) in [4.78, 5) is 27.3. The molecule has 6 heteroatoms.